The summed E-state index contributed by atoms with van der Waals surface area (Å²) in [6.07, 6.45) is 1.60. The standard InChI is InChI=1S/C21H16N4O2S/c1-12(26)16-13(2)27-21-18(17(16)14-7-4-3-5-8-14)20-23-19(15-9-6-10-28-15)24-25(20)11-22-21/h3-11,17H,1-2H3/t17-/m1/s1. The lowest BCUT2D eigenvalue weighted by Gasteiger charge is -2.28. The summed E-state index contributed by atoms with van der Waals surface area (Å²) in [6.45, 7) is 3.37. The van der Waals surface area contributed by atoms with E-state index < -0.39 is 0 Å². The predicted octanol–water partition coefficient (Wildman–Crippen LogP) is 4.24. The lowest BCUT2D eigenvalue weighted by atomic mass is 9.82. The van der Waals surface area contributed by atoms with Crippen molar-refractivity contribution >= 4 is 22.8 Å². The summed E-state index contributed by atoms with van der Waals surface area (Å²) in [6, 6.07) is 13.9. The number of aromatic nitrogens is 4. The van der Waals surface area contributed by atoms with Gasteiger partial charge in [0.2, 0.25) is 5.88 Å². The van der Waals surface area contributed by atoms with Gasteiger partial charge >= 0.3 is 0 Å². The van der Waals surface area contributed by atoms with E-state index in [2.05, 4.69) is 10.1 Å². The Hall–Kier alpha value is -3.32. The number of rotatable bonds is 3. The number of allylic oxidation sites excluding steroid dienone is 2. The maximum absolute atomic E-state index is 12.5. The maximum Gasteiger partial charge on any atom is 0.228 e. The Labute approximate surface area is 165 Å². The lowest BCUT2D eigenvalue weighted by molar-refractivity contribution is -0.114. The summed E-state index contributed by atoms with van der Waals surface area (Å²) in [5.41, 5.74) is 3.02. The van der Waals surface area contributed by atoms with Crippen LogP contribution in [0.1, 0.15) is 30.9 Å². The predicted molar refractivity (Wildman–Crippen MR) is 106 cm³/mol. The number of ether oxygens (including phenoxy) is 1. The molecule has 1 aliphatic heterocycles. The monoisotopic (exact) mass is 388 g/mol. The van der Waals surface area contributed by atoms with Crippen LogP contribution in [0.3, 0.4) is 0 Å². The average molecular weight is 388 g/mol. The van der Waals surface area contributed by atoms with E-state index in [-0.39, 0.29) is 11.7 Å². The van der Waals surface area contributed by atoms with Crippen molar-refractivity contribution in [2.75, 3.05) is 0 Å². The summed E-state index contributed by atoms with van der Waals surface area (Å²) in [4.78, 5) is 22.7. The van der Waals surface area contributed by atoms with Gasteiger partial charge in [-0.25, -0.2) is 14.5 Å². The SMILES string of the molecule is CC(=O)C1=C(C)Oc2ncn3nc(-c4cccs4)nc3c2[C@@H]1c1ccccc1. The van der Waals surface area contributed by atoms with E-state index >= 15 is 0 Å². The largest absolute Gasteiger partial charge is 0.443 e. The van der Waals surface area contributed by atoms with E-state index in [1.54, 1.807) is 29.1 Å². The van der Waals surface area contributed by atoms with Gasteiger partial charge in [0.25, 0.3) is 0 Å². The van der Waals surface area contributed by atoms with Gasteiger partial charge in [0.15, 0.2) is 17.3 Å². The van der Waals surface area contributed by atoms with Crippen molar-refractivity contribution in [3.63, 3.8) is 0 Å². The molecule has 5 rings (SSSR count). The number of ketones is 1. The van der Waals surface area contributed by atoms with Crippen LogP contribution in [0.2, 0.25) is 0 Å². The molecule has 0 unspecified atom stereocenters. The molecule has 0 spiro atoms. The highest BCUT2D eigenvalue weighted by molar-refractivity contribution is 7.13. The van der Waals surface area contributed by atoms with Crippen molar-refractivity contribution in [3.8, 4) is 16.6 Å². The molecular formula is C21H16N4O2S. The van der Waals surface area contributed by atoms with Gasteiger partial charge in [0.05, 0.1) is 10.4 Å². The number of benzene rings is 1. The first-order valence-electron chi connectivity index (χ1n) is 8.87. The molecule has 138 valence electrons. The third kappa shape index (κ3) is 2.55. The van der Waals surface area contributed by atoms with Crippen molar-refractivity contribution in [2.45, 2.75) is 19.8 Å². The van der Waals surface area contributed by atoms with E-state index in [1.165, 1.54) is 0 Å². The second-order valence-corrected chi connectivity index (χ2v) is 7.56. The van der Waals surface area contributed by atoms with Gasteiger partial charge in [-0.3, -0.25) is 4.79 Å². The number of thiophene rings is 1. The lowest BCUT2D eigenvalue weighted by Crippen LogP contribution is -2.22. The van der Waals surface area contributed by atoms with Gasteiger partial charge in [-0.15, -0.1) is 16.4 Å². The first-order valence-corrected chi connectivity index (χ1v) is 9.75. The van der Waals surface area contributed by atoms with E-state index in [9.17, 15) is 4.79 Å². The third-order valence-corrected chi connectivity index (χ3v) is 5.71. The molecule has 3 aromatic heterocycles. The molecule has 4 heterocycles. The maximum atomic E-state index is 12.5. The van der Waals surface area contributed by atoms with Crippen LogP contribution >= 0.6 is 11.3 Å². The van der Waals surface area contributed by atoms with Crippen molar-refractivity contribution in [1.82, 2.24) is 19.6 Å². The number of Topliss-reactive ketones (excluding diaryl/α,β-unsaturated/α-hetero) is 1. The van der Waals surface area contributed by atoms with Gasteiger partial charge in [-0.05, 0) is 30.9 Å². The summed E-state index contributed by atoms with van der Waals surface area (Å²) in [7, 11) is 0. The van der Waals surface area contributed by atoms with Gasteiger partial charge in [0.1, 0.15) is 12.1 Å². The smallest absolute Gasteiger partial charge is 0.228 e. The molecule has 1 aromatic carbocycles. The highest BCUT2D eigenvalue weighted by Gasteiger charge is 2.35. The van der Waals surface area contributed by atoms with E-state index in [0.717, 1.165) is 16.0 Å². The molecule has 0 saturated heterocycles. The zero-order chi connectivity index (χ0) is 19.3. The number of fused-ring (bicyclic) bond motifs is 3. The van der Waals surface area contributed by atoms with Crippen LogP contribution in [-0.2, 0) is 4.79 Å². The van der Waals surface area contributed by atoms with Crippen LogP contribution < -0.4 is 4.74 Å². The quantitative estimate of drug-likeness (QED) is 0.525. The Kier molecular flexibility index (Phi) is 3.84. The molecule has 4 aromatic rings. The number of hydrogen-bond acceptors (Lipinski definition) is 6. The Balaban J connectivity index is 1.80. The average Bonchev–Trinajstić information content (AvgIpc) is 3.36. The second kappa shape index (κ2) is 6.38. The van der Waals surface area contributed by atoms with E-state index in [1.807, 2.05) is 54.8 Å². The van der Waals surface area contributed by atoms with Crippen LogP contribution in [0.25, 0.3) is 16.3 Å². The summed E-state index contributed by atoms with van der Waals surface area (Å²) in [5, 5.41) is 6.57. The van der Waals surface area contributed by atoms with Crippen LogP contribution in [0.15, 0.2) is 65.5 Å². The number of carbonyl (C=O) groups excluding carboxylic acids is 1. The summed E-state index contributed by atoms with van der Waals surface area (Å²) in [5.74, 6) is 1.33. The number of carbonyl (C=O) groups is 1. The molecule has 0 saturated carbocycles. The van der Waals surface area contributed by atoms with Crippen LogP contribution in [0.4, 0.5) is 0 Å². The fraction of sp³-hybridized carbons (Fsp3) is 0.143. The van der Waals surface area contributed by atoms with Crippen LogP contribution in [0, 0.1) is 0 Å². The molecule has 0 amide bonds. The highest BCUT2D eigenvalue weighted by atomic mass is 32.1. The molecule has 6 nitrogen and oxygen atoms in total. The minimum atomic E-state index is -0.306. The zero-order valence-electron chi connectivity index (χ0n) is 15.3. The molecule has 0 radical (unpaired) electrons. The van der Waals surface area contributed by atoms with Crippen LogP contribution in [0.5, 0.6) is 5.88 Å². The molecule has 0 fully saturated rings. The molecule has 1 atom stereocenters. The number of nitrogens with zero attached hydrogens (tertiary/aromatic N) is 4. The summed E-state index contributed by atoms with van der Waals surface area (Å²) < 4.78 is 7.59. The first kappa shape index (κ1) is 16.8. The van der Waals surface area contributed by atoms with Crippen LogP contribution in [-0.4, -0.2) is 25.4 Å². The molecule has 0 bridgehead atoms. The molecule has 1 aliphatic rings. The fourth-order valence-corrected chi connectivity index (χ4v) is 4.33. The topological polar surface area (TPSA) is 69.4 Å². The van der Waals surface area contributed by atoms with Gasteiger partial charge in [-0.1, -0.05) is 36.4 Å². The van der Waals surface area contributed by atoms with Gasteiger partial charge in [0, 0.05) is 11.5 Å². The summed E-state index contributed by atoms with van der Waals surface area (Å²) >= 11 is 1.58. The minimum Gasteiger partial charge on any atom is -0.443 e. The first-order chi connectivity index (χ1) is 13.6. The fourth-order valence-electron chi connectivity index (χ4n) is 3.68. The minimum absolute atomic E-state index is 0.0306. The van der Waals surface area contributed by atoms with E-state index in [0.29, 0.717) is 28.7 Å². The van der Waals surface area contributed by atoms with Crippen molar-refractivity contribution in [3.05, 3.63) is 76.6 Å². The molecule has 7 heteroatoms. The Bertz CT molecular complexity index is 1230. The van der Waals surface area contributed by atoms with E-state index in [4.69, 9.17) is 9.72 Å². The van der Waals surface area contributed by atoms with Crippen molar-refractivity contribution in [2.24, 2.45) is 0 Å². The normalized spacial score (nSPS) is 16.1. The Morgan fingerprint density at radius 3 is 2.71 bits per heavy atom. The van der Waals surface area contributed by atoms with Crippen molar-refractivity contribution < 1.29 is 9.53 Å². The highest BCUT2D eigenvalue weighted by Crippen LogP contribution is 2.44. The molecular weight excluding hydrogens is 372 g/mol. The van der Waals surface area contributed by atoms with Crippen molar-refractivity contribution in [1.29, 1.82) is 0 Å². The molecule has 0 aliphatic carbocycles. The molecule has 28 heavy (non-hydrogen) atoms. The third-order valence-electron chi connectivity index (χ3n) is 4.85. The zero-order valence-corrected chi connectivity index (χ0v) is 16.1. The second-order valence-electron chi connectivity index (χ2n) is 6.62. The Morgan fingerprint density at radius 2 is 2.00 bits per heavy atom. The van der Waals surface area contributed by atoms with Gasteiger partial charge < -0.3 is 4.74 Å². The van der Waals surface area contributed by atoms with Gasteiger partial charge in [-0.2, -0.15) is 0 Å². The number of hydrogen-bond donors (Lipinski definition) is 0. The Morgan fingerprint density at radius 1 is 1.18 bits per heavy atom. The molecule has 0 N–H and O–H groups in total.